The van der Waals surface area contributed by atoms with E-state index in [1.807, 2.05) is 6.92 Å². The van der Waals surface area contributed by atoms with Crippen LogP contribution in [0.2, 0.25) is 0 Å². The lowest BCUT2D eigenvalue weighted by Gasteiger charge is -2.29. The van der Waals surface area contributed by atoms with Crippen molar-refractivity contribution in [2.45, 2.75) is 70.0 Å². The molecule has 3 rings (SSSR count). The van der Waals surface area contributed by atoms with Gasteiger partial charge in [-0.15, -0.1) is 0 Å². The summed E-state index contributed by atoms with van der Waals surface area (Å²) in [6, 6.07) is 5.57. The Morgan fingerprint density at radius 1 is 1.08 bits per heavy atom. The Labute approximate surface area is 154 Å². The molecule has 1 heterocycles. The van der Waals surface area contributed by atoms with E-state index in [1.165, 1.54) is 18.6 Å². The van der Waals surface area contributed by atoms with Gasteiger partial charge < -0.3 is 15.5 Å². The summed E-state index contributed by atoms with van der Waals surface area (Å²) in [5.41, 5.74) is 0.843. The fourth-order valence-electron chi connectivity index (χ4n) is 3.93. The summed E-state index contributed by atoms with van der Waals surface area (Å²) >= 11 is 0. The number of nitrogens with zero attached hydrogens (tertiary/aromatic N) is 1. The van der Waals surface area contributed by atoms with Crippen molar-refractivity contribution < 1.29 is 14.0 Å². The molecular formula is C20H28FN3O2. The van der Waals surface area contributed by atoms with Gasteiger partial charge >= 0.3 is 6.03 Å². The van der Waals surface area contributed by atoms with E-state index in [4.69, 9.17) is 0 Å². The fraction of sp³-hybridized carbons (Fsp3) is 0.600. The molecule has 1 aromatic rings. The van der Waals surface area contributed by atoms with Gasteiger partial charge in [-0.3, -0.25) is 4.79 Å². The summed E-state index contributed by atoms with van der Waals surface area (Å²) in [6.45, 7) is 2.48. The largest absolute Gasteiger partial charge is 0.348 e. The zero-order valence-corrected chi connectivity index (χ0v) is 15.3. The van der Waals surface area contributed by atoms with E-state index in [9.17, 15) is 14.0 Å². The summed E-state index contributed by atoms with van der Waals surface area (Å²) < 4.78 is 13.1. The van der Waals surface area contributed by atoms with Gasteiger partial charge in [0, 0.05) is 12.6 Å². The third kappa shape index (κ3) is 4.54. The maximum atomic E-state index is 13.1. The average Bonchev–Trinajstić information content (AvgIpc) is 3.13. The van der Waals surface area contributed by atoms with E-state index in [2.05, 4.69) is 10.6 Å². The van der Waals surface area contributed by atoms with E-state index in [0.717, 1.165) is 37.7 Å². The van der Waals surface area contributed by atoms with Gasteiger partial charge in [0.15, 0.2) is 0 Å². The van der Waals surface area contributed by atoms with Crippen LogP contribution in [0.15, 0.2) is 24.3 Å². The highest BCUT2D eigenvalue weighted by molar-refractivity contribution is 5.88. The topological polar surface area (TPSA) is 61.4 Å². The first kappa shape index (κ1) is 18.7. The Morgan fingerprint density at radius 3 is 2.46 bits per heavy atom. The minimum absolute atomic E-state index is 0.121. The van der Waals surface area contributed by atoms with Gasteiger partial charge in [0.05, 0.1) is 6.04 Å². The van der Waals surface area contributed by atoms with Gasteiger partial charge in [0.2, 0.25) is 5.91 Å². The van der Waals surface area contributed by atoms with Crippen molar-refractivity contribution in [2.24, 2.45) is 0 Å². The summed E-state index contributed by atoms with van der Waals surface area (Å²) in [5, 5.41) is 6.07. The zero-order chi connectivity index (χ0) is 18.5. The van der Waals surface area contributed by atoms with Crippen molar-refractivity contribution in [1.82, 2.24) is 15.5 Å². The maximum absolute atomic E-state index is 13.1. The van der Waals surface area contributed by atoms with Crippen molar-refractivity contribution >= 4 is 11.9 Å². The lowest BCUT2D eigenvalue weighted by molar-refractivity contribution is -0.125. The maximum Gasteiger partial charge on any atom is 0.318 e. The number of rotatable bonds is 4. The van der Waals surface area contributed by atoms with Crippen molar-refractivity contribution in [3.05, 3.63) is 35.6 Å². The van der Waals surface area contributed by atoms with Crippen LogP contribution in [0, 0.1) is 5.82 Å². The Balaban J connectivity index is 1.56. The summed E-state index contributed by atoms with van der Waals surface area (Å²) in [4.78, 5) is 27.0. The fourth-order valence-corrected chi connectivity index (χ4v) is 3.93. The van der Waals surface area contributed by atoms with Crippen LogP contribution in [-0.2, 0) is 4.79 Å². The van der Waals surface area contributed by atoms with Crippen LogP contribution in [0.5, 0.6) is 0 Å². The number of carbonyl (C=O) groups is 2. The van der Waals surface area contributed by atoms with Crippen LogP contribution in [0.4, 0.5) is 9.18 Å². The molecule has 2 fully saturated rings. The Morgan fingerprint density at radius 2 is 1.77 bits per heavy atom. The SMILES string of the molecule is C[C@H](NC(=O)C1CCCN1C(=O)NC1CCCCC1)c1ccc(F)cc1. The molecule has 6 heteroatoms. The predicted molar refractivity (Wildman–Crippen MR) is 98.1 cm³/mol. The number of nitrogens with one attached hydrogen (secondary N) is 2. The van der Waals surface area contributed by atoms with Gasteiger partial charge in [-0.05, 0) is 50.3 Å². The molecule has 1 saturated carbocycles. The van der Waals surface area contributed by atoms with E-state index < -0.39 is 6.04 Å². The van der Waals surface area contributed by atoms with Crippen molar-refractivity contribution in [3.63, 3.8) is 0 Å². The summed E-state index contributed by atoms with van der Waals surface area (Å²) in [5.74, 6) is -0.438. The molecule has 0 aromatic heterocycles. The normalized spacial score (nSPS) is 22.1. The van der Waals surface area contributed by atoms with Gasteiger partial charge in [0.25, 0.3) is 0 Å². The molecular weight excluding hydrogens is 333 g/mol. The number of carbonyl (C=O) groups excluding carboxylic acids is 2. The lowest BCUT2D eigenvalue weighted by atomic mass is 9.96. The lowest BCUT2D eigenvalue weighted by Crippen LogP contribution is -2.52. The van der Waals surface area contributed by atoms with Crippen LogP contribution < -0.4 is 10.6 Å². The van der Waals surface area contributed by atoms with Gasteiger partial charge in [0.1, 0.15) is 11.9 Å². The second kappa shape index (κ2) is 8.52. The first-order valence-corrected chi connectivity index (χ1v) is 9.67. The van der Waals surface area contributed by atoms with E-state index >= 15 is 0 Å². The minimum atomic E-state index is -0.429. The predicted octanol–water partition coefficient (Wildman–Crippen LogP) is 3.51. The van der Waals surface area contributed by atoms with Crippen molar-refractivity contribution in [1.29, 1.82) is 0 Å². The molecule has 0 spiro atoms. The van der Waals surface area contributed by atoms with Crippen molar-refractivity contribution in [3.8, 4) is 0 Å². The van der Waals surface area contributed by atoms with Crippen LogP contribution >= 0.6 is 0 Å². The van der Waals surface area contributed by atoms with Gasteiger partial charge in [-0.25, -0.2) is 9.18 Å². The molecule has 3 amide bonds. The van der Waals surface area contributed by atoms with Crippen LogP contribution in [0.25, 0.3) is 0 Å². The Bertz CT molecular complexity index is 628. The molecule has 142 valence electrons. The second-order valence-electron chi connectivity index (χ2n) is 7.42. The Kier molecular flexibility index (Phi) is 6.12. The molecule has 1 saturated heterocycles. The second-order valence-corrected chi connectivity index (χ2v) is 7.42. The number of likely N-dealkylation sites (tertiary alicyclic amines) is 1. The first-order chi connectivity index (χ1) is 12.5. The standard InChI is InChI=1S/C20H28FN3O2/c1-14(15-9-11-16(21)12-10-15)22-19(25)18-8-5-13-24(18)20(26)23-17-6-3-2-4-7-17/h9-12,14,17-18H,2-8,13H2,1H3,(H,22,25)(H,23,26)/t14-,18?/m0/s1. The molecule has 1 aromatic carbocycles. The molecule has 1 aliphatic heterocycles. The molecule has 2 N–H and O–H groups in total. The van der Waals surface area contributed by atoms with E-state index in [-0.39, 0.29) is 29.8 Å². The number of hydrogen-bond acceptors (Lipinski definition) is 2. The van der Waals surface area contributed by atoms with Crippen LogP contribution in [0.3, 0.4) is 0 Å². The highest BCUT2D eigenvalue weighted by Crippen LogP contribution is 2.22. The minimum Gasteiger partial charge on any atom is -0.348 e. The number of benzene rings is 1. The smallest absolute Gasteiger partial charge is 0.318 e. The quantitative estimate of drug-likeness (QED) is 0.862. The van der Waals surface area contributed by atoms with Gasteiger partial charge in [-0.2, -0.15) is 0 Å². The first-order valence-electron chi connectivity index (χ1n) is 9.67. The highest BCUT2D eigenvalue weighted by Gasteiger charge is 2.35. The molecule has 26 heavy (non-hydrogen) atoms. The molecule has 0 radical (unpaired) electrons. The number of urea groups is 1. The average molecular weight is 361 g/mol. The molecule has 2 aliphatic rings. The highest BCUT2D eigenvalue weighted by atomic mass is 19.1. The number of amides is 3. The van der Waals surface area contributed by atoms with Crippen LogP contribution in [-0.4, -0.2) is 35.5 Å². The summed E-state index contributed by atoms with van der Waals surface area (Å²) in [6.07, 6.45) is 7.12. The van der Waals surface area contributed by atoms with Crippen molar-refractivity contribution in [2.75, 3.05) is 6.54 Å². The monoisotopic (exact) mass is 361 g/mol. The van der Waals surface area contributed by atoms with Gasteiger partial charge in [-0.1, -0.05) is 31.4 Å². The molecule has 5 nitrogen and oxygen atoms in total. The summed E-state index contributed by atoms with van der Waals surface area (Å²) in [7, 11) is 0. The number of halogens is 1. The Hall–Kier alpha value is -2.11. The third-order valence-corrected chi connectivity index (χ3v) is 5.48. The number of hydrogen-bond donors (Lipinski definition) is 2. The molecule has 1 aliphatic carbocycles. The third-order valence-electron chi connectivity index (χ3n) is 5.48. The zero-order valence-electron chi connectivity index (χ0n) is 15.3. The molecule has 2 atom stereocenters. The van der Waals surface area contributed by atoms with E-state index in [0.29, 0.717) is 13.0 Å². The molecule has 1 unspecified atom stereocenters. The van der Waals surface area contributed by atoms with E-state index in [1.54, 1.807) is 17.0 Å². The molecule has 0 bridgehead atoms. The van der Waals surface area contributed by atoms with Crippen LogP contribution in [0.1, 0.15) is 63.5 Å².